The van der Waals surface area contributed by atoms with E-state index in [9.17, 15) is 0 Å². The van der Waals surface area contributed by atoms with Crippen molar-refractivity contribution in [3.05, 3.63) is 0 Å². The van der Waals surface area contributed by atoms with Crippen molar-refractivity contribution in [1.82, 2.24) is 4.90 Å². The summed E-state index contributed by atoms with van der Waals surface area (Å²) >= 11 is 4.92. The van der Waals surface area contributed by atoms with Gasteiger partial charge in [0.1, 0.15) is 0 Å². The maximum atomic E-state index is 8.88. The van der Waals surface area contributed by atoms with Gasteiger partial charge in [-0.05, 0) is 24.6 Å². The molecule has 3 N–H and O–H groups in total. The summed E-state index contributed by atoms with van der Waals surface area (Å²) in [6.45, 7) is 5.96. The highest BCUT2D eigenvalue weighted by molar-refractivity contribution is 7.80. The van der Waals surface area contributed by atoms with Crippen LogP contribution in [0.3, 0.4) is 0 Å². The van der Waals surface area contributed by atoms with Crippen LogP contribution in [-0.2, 0) is 0 Å². The lowest BCUT2D eigenvalue weighted by Crippen LogP contribution is -2.39. The van der Waals surface area contributed by atoms with E-state index >= 15 is 0 Å². The summed E-state index contributed by atoms with van der Waals surface area (Å²) in [4.78, 5) is 1.96. The Balaban J connectivity index is 3.87. The van der Waals surface area contributed by atoms with E-state index < -0.39 is 0 Å². The smallest absolute Gasteiger partial charge is 0.166 e. The third-order valence-electron chi connectivity index (χ3n) is 1.94. The Kier molecular flexibility index (Phi) is 6.90. The van der Waals surface area contributed by atoms with Crippen molar-refractivity contribution in [2.45, 2.75) is 26.7 Å². The molecule has 0 aromatic rings. The Labute approximate surface area is 85.9 Å². The maximum absolute atomic E-state index is 8.88. The molecule has 0 saturated carbocycles. The van der Waals surface area contributed by atoms with Crippen LogP contribution in [0.5, 0.6) is 0 Å². The molecule has 0 saturated heterocycles. The third-order valence-corrected chi connectivity index (χ3v) is 2.20. The molecule has 0 aromatic carbocycles. The lowest BCUT2D eigenvalue weighted by Gasteiger charge is -2.25. The van der Waals surface area contributed by atoms with Gasteiger partial charge in [-0.15, -0.1) is 0 Å². The number of unbranched alkanes of at least 4 members (excludes halogenated alkanes) is 1. The molecular weight excluding hydrogens is 184 g/mol. The monoisotopic (exact) mass is 204 g/mol. The van der Waals surface area contributed by atoms with E-state index in [1.165, 1.54) is 0 Å². The van der Waals surface area contributed by atoms with Gasteiger partial charge in [-0.25, -0.2) is 0 Å². The highest BCUT2D eigenvalue weighted by Crippen LogP contribution is 2.01. The van der Waals surface area contributed by atoms with Gasteiger partial charge in [-0.3, -0.25) is 0 Å². The summed E-state index contributed by atoms with van der Waals surface area (Å²) in [6.07, 6.45) is 2.22. The largest absolute Gasteiger partial charge is 0.396 e. The second-order valence-corrected chi connectivity index (χ2v) is 3.84. The van der Waals surface area contributed by atoms with Crippen LogP contribution in [0.1, 0.15) is 26.7 Å². The Hall–Kier alpha value is -0.350. The van der Waals surface area contributed by atoms with Gasteiger partial charge in [0, 0.05) is 19.7 Å². The number of aliphatic hydroxyl groups excluding tert-OH is 1. The normalized spacial score (nSPS) is 12.5. The van der Waals surface area contributed by atoms with E-state index in [-0.39, 0.29) is 12.5 Å². The van der Waals surface area contributed by atoms with Crippen molar-refractivity contribution >= 4 is 17.3 Å². The molecule has 1 unspecified atom stereocenters. The number of hydrogen-bond acceptors (Lipinski definition) is 2. The fourth-order valence-corrected chi connectivity index (χ4v) is 1.24. The Morgan fingerprint density at radius 2 is 2.23 bits per heavy atom. The van der Waals surface area contributed by atoms with E-state index in [0.29, 0.717) is 5.11 Å². The molecule has 0 aromatic heterocycles. The van der Waals surface area contributed by atoms with Crippen molar-refractivity contribution < 1.29 is 5.11 Å². The summed E-state index contributed by atoms with van der Waals surface area (Å²) in [5, 5.41) is 9.32. The molecule has 0 amide bonds. The van der Waals surface area contributed by atoms with Crippen molar-refractivity contribution in [2.24, 2.45) is 11.7 Å². The van der Waals surface area contributed by atoms with Gasteiger partial charge in [0.2, 0.25) is 0 Å². The highest BCUT2D eigenvalue weighted by atomic mass is 32.1. The molecular formula is C9H20N2OS. The van der Waals surface area contributed by atoms with Crippen LogP contribution < -0.4 is 5.73 Å². The second-order valence-electron chi connectivity index (χ2n) is 3.43. The molecule has 0 aliphatic carbocycles. The molecule has 0 fully saturated rings. The third kappa shape index (κ3) is 5.82. The lowest BCUT2D eigenvalue weighted by molar-refractivity contribution is 0.209. The molecule has 13 heavy (non-hydrogen) atoms. The van der Waals surface area contributed by atoms with Crippen molar-refractivity contribution in [3.63, 3.8) is 0 Å². The van der Waals surface area contributed by atoms with Crippen molar-refractivity contribution in [2.75, 3.05) is 19.7 Å². The number of thiocarbonyl (C=S) groups is 1. The first-order chi connectivity index (χ1) is 6.11. The summed E-state index contributed by atoms with van der Waals surface area (Å²) < 4.78 is 0. The summed E-state index contributed by atoms with van der Waals surface area (Å²) in [7, 11) is 0. The predicted molar refractivity (Wildman–Crippen MR) is 59.5 cm³/mol. The minimum atomic E-state index is 0.186. The number of aliphatic hydroxyl groups is 1. The van der Waals surface area contributed by atoms with E-state index in [1.54, 1.807) is 0 Å². The number of nitrogens with two attached hydrogens (primary N) is 1. The van der Waals surface area contributed by atoms with Gasteiger partial charge in [0.05, 0.1) is 0 Å². The topological polar surface area (TPSA) is 49.5 Å². The molecule has 0 spiro atoms. The molecule has 1 atom stereocenters. The van der Waals surface area contributed by atoms with E-state index in [4.69, 9.17) is 23.1 Å². The summed E-state index contributed by atoms with van der Waals surface area (Å²) in [5.74, 6) is 0.235. The predicted octanol–water partition coefficient (Wildman–Crippen LogP) is 0.960. The molecule has 3 nitrogen and oxygen atoms in total. The quantitative estimate of drug-likeness (QED) is 0.633. The van der Waals surface area contributed by atoms with Crippen molar-refractivity contribution in [1.29, 1.82) is 0 Å². The maximum Gasteiger partial charge on any atom is 0.166 e. The Bertz CT molecular complexity index is 153. The molecule has 0 bridgehead atoms. The fourth-order valence-electron chi connectivity index (χ4n) is 1.07. The van der Waals surface area contributed by atoms with E-state index in [0.717, 1.165) is 25.9 Å². The number of nitrogens with zero attached hydrogens (tertiary/aromatic N) is 1. The minimum absolute atomic E-state index is 0.186. The van der Waals surface area contributed by atoms with Gasteiger partial charge in [0.15, 0.2) is 5.11 Å². The lowest BCUT2D eigenvalue weighted by atomic mass is 10.2. The first-order valence-electron chi connectivity index (χ1n) is 4.77. The van der Waals surface area contributed by atoms with Crippen LogP contribution in [-0.4, -0.2) is 34.8 Å². The van der Waals surface area contributed by atoms with E-state index in [2.05, 4.69) is 6.92 Å². The molecule has 0 rings (SSSR count). The fraction of sp³-hybridized carbons (Fsp3) is 0.889. The molecule has 0 heterocycles. The number of hydrogen-bond donors (Lipinski definition) is 2. The standard InChI is InChI=1S/C9H20N2OS/c1-3-4-5-11(9(10)13)6-8(2)7-12/h8,12H,3-7H2,1-2H3,(H2,10,13). The molecule has 0 radical (unpaired) electrons. The molecule has 0 aliphatic rings. The Morgan fingerprint density at radius 3 is 2.62 bits per heavy atom. The van der Waals surface area contributed by atoms with Gasteiger partial charge in [-0.2, -0.15) is 0 Å². The van der Waals surface area contributed by atoms with Gasteiger partial charge < -0.3 is 15.7 Å². The van der Waals surface area contributed by atoms with Gasteiger partial charge in [0.25, 0.3) is 0 Å². The SMILES string of the molecule is CCCCN(CC(C)CO)C(N)=S. The average Bonchev–Trinajstić information content (AvgIpc) is 2.11. The second kappa shape index (κ2) is 7.09. The first kappa shape index (κ1) is 12.7. The average molecular weight is 204 g/mol. The molecule has 4 heteroatoms. The minimum Gasteiger partial charge on any atom is -0.396 e. The van der Waals surface area contributed by atoms with Crippen LogP contribution in [0.4, 0.5) is 0 Å². The number of rotatable bonds is 6. The van der Waals surface area contributed by atoms with Gasteiger partial charge >= 0.3 is 0 Å². The summed E-state index contributed by atoms with van der Waals surface area (Å²) in [6, 6.07) is 0. The molecule has 0 aliphatic heterocycles. The highest BCUT2D eigenvalue weighted by Gasteiger charge is 2.09. The van der Waals surface area contributed by atoms with Crippen LogP contribution >= 0.6 is 12.2 Å². The Morgan fingerprint density at radius 1 is 1.62 bits per heavy atom. The van der Waals surface area contributed by atoms with Crippen LogP contribution in [0.2, 0.25) is 0 Å². The summed E-state index contributed by atoms with van der Waals surface area (Å²) in [5.41, 5.74) is 5.56. The first-order valence-corrected chi connectivity index (χ1v) is 5.17. The zero-order valence-corrected chi connectivity index (χ0v) is 9.31. The van der Waals surface area contributed by atoms with Crippen molar-refractivity contribution in [3.8, 4) is 0 Å². The van der Waals surface area contributed by atoms with Crippen LogP contribution in [0.25, 0.3) is 0 Å². The molecule has 78 valence electrons. The van der Waals surface area contributed by atoms with E-state index in [1.807, 2.05) is 11.8 Å². The van der Waals surface area contributed by atoms with Crippen LogP contribution in [0, 0.1) is 5.92 Å². The van der Waals surface area contributed by atoms with Gasteiger partial charge in [-0.1, -0.05) is 20.3 Å². The zero-order chi connectivity index (χ0) is 10.3. The zero-order valence-electron chi connectivity index (χ0n) is 8.49. The van der Waals surface area contributed by atoms with Crippen LogP contribution in [0.15, 0.2) is 0 Å².